The number of nitrogens with zero attached hydrogens (tertiary/aromatic N) is 4. The minimum absolute atomic E-state index is 0.314. The molecule has 3 aromatic rings. The number of fused-ring (bicyclic) bond motifs is 1. The highest BCUT2D eigenvalue weighted by atomic mass is 35.5. The Balaban J connectivity index is 1.58. The lowest BCUT2D eigenvalue weighted by Gasteiger charge is -2.40. The zero-order valence-corrected chi connectivity index (χ0v) is 15.5. The van der Waals surface area contributed by atoms with Crippen LogP contribution in [0.1, 0.15) is 18.1 Å². The fraction of sp³-hybridized carbons (Fsp3) is 0.368. The van der Waals surface area contributed by atoms with Gasteiger partial charge in [-0.25, -0.2) is 9.97 Å². The quantitative estimate of drug-likeness (QED) is 0.756. The molecule has 0 amide bonds. The molecule has 0 bridgehead atoms. The highest BCUT2D eigenvalue weighted by Gasteiger charge is 2.27. The number of aromatic amines is 1. The second-order valence-electron chi connectivity index (χ2n) is 6.81. The van der Waals surface area contributed by atoms with Gasteiger partial charge in [-0.15, -0.1) is 0 Å². The Kier molecular flexibility index (Phi) is 4.04. The Bertz CT molecular complexity index is 880. The third-order valence-corrected chi connectivity index (χ3v) is 5.32. The van der Waals surface area contributed by atoms with E-state index in [4.69, 9.17) is 16.6 Å². The van der Waals surface area contributed by atoms with Crippen LogP contribution in [0.25, 0.3) is 11.0 Å². The van der Waals surface area contributed by atoms with Crippen molar-refractivity contribution in [2.75, 3.05) is 29.4 Å². The first-order valence-corrected chi connectivity index (χ1v) is 9.00. The summed E-state index contributed by atoms with van der Waals surface area (Å²) in [5.74, 6) is 1.81. The lowest BCUT2D eigenvalue weighted by atomic mass is 10.1. The fourth-order valence-electron chi connectivity index (χ4n) is 3.47. The summed E-state index contributed by atoms with van der Waals surface area (Å²) in [6.45, 7) is 9.09. The SMILES string of the molecule is Cc1cc2nc(N3CCN(c4ncccc4Cl)C[C@H]3C)[nH]c2cc1C. The van der Waals surface area contributed by atoms with Crippen LogP contribution in [0.5, 0.6) is 0 Å². The smallest absolute Gasteiger partial charge is 0.204 e. The topological polar surface area (TPSA) is 48.1 Å². The maximum atomic E-state index is 6.31. The first-order chi connectivity index (χ1) is 12.0. The number of hydrogen-bond acceptors (Lipinski definition) is 4. The number of aryl methyl sites for hydroxylation is 2. The molecule has 5 nitrogen and oxygen atoms in total. The van der Waals surface area contributed by atoms with Crippen molar-refractivity contribution < 1.29 is 0 Å². The van der Waals surface area contributed by atoms with Gasteiger partial charge >= 0.3 is 0 Å². The first-order valence-electron chi connectivity index (χ1n) is 8.62. The molecule has 0 aliphatic carbocycles. The highest BCUT2D eigenvalue weighted by Crippen LogP contribution is 2.27. The highest BCUT2D eigenvalue weighted by molar-refractivity contribution is 6.32. The Labute approximate surface area is 152 Å². The standard InChI is InChI=1S/C19H22ClN5/c1-12-9-16-17(10-13(12)2)23-19(22-16)25-8-7-24(11-14(25)3)18-15(20)5-4-6-21-18/h4-6,9-10,14H,7-8,11H2,1-3H3,(H,22,23)/t14-/m1/s1. The van der Waals surface area contributed by atoms with Crippen LogP contribution in [0.3, 0.4) is 0 Å². The maximum Gasteiger partial charge on any atom is 0.204 e. The van der Waals surface area contributed by atoms with Crippen molar-refractivity contribution in [1.82, 2.24) is 15.0 Å². The van der Waals surface area contributed by atoms with Crippen LogP contribution >= 0.6 is 11.6 Å². The van der Waals surface area contributed by atoms with E-state index in [0.29, 0.717) is 11.1 Å². The molecule has 0 saturated carbocycles. The van der Waals surface area contributed by atoms with E-state index in [1.807, 2.05) is 12.1 Å². The van der Waals surface area contributed by atoms with Crippen molar-refractivity contribution in [1.29, 1.82) is 0 Å². The van der Waals surface area contributed by atoms with E-state index in [9.17, 15) is 0 Å². The molecule has 1 aliphatic rings. The molecule has 1 fully saturated rings. The number of imidazole rings is 1. The van der Waals surface area contributed by atoms with E-state index in [-0.39, 0.29) is 0 Å². The van der Waals surface area contributed by atoms with E-state index >= 15 is 0 Å². The second-order valence-corrected chi connectivity index (χ2v) is 7.22. The van der Waals surface area contributed by atoms with Crippen LogP contribution in [-0.4, -0.2) is 40.6 Å². The van der Waals surface area contributed by atoms with E-state index < -0.39 is 0 Å². The van der Waals surface area contributed by atoms with Crippen LogP contribution in [0, 0.1) is 13.8 Å². The molecule has 1 atom stereocenters. The average molecular weight is 356 g/mol. The first kappa shape index (κ1) is 16.2. The number of pyridine rings is 1. The van der Waals surface area contributed by atoms with Gasteiger partial charge in [0, 0.05) is 31.9 Å². The number of halogens is 1. The summed E-state index contributed by atoms with van der Waals surface area (Å²) in [5.41, 5.74) is 4.68. The van der Waals surface area contributed by atoms with Crippen LogP contribution in [0.15, 0.2) is 30.5 Å². The molecule has 3 heterocycles. The Morgan fingerprint density at radius 1 is 1.20 bits per heavy atom. The lowest BCUT2D eigenvalue weighted by molar-refractivity contribution is 0.539. The molecular weight excluding hydrogens is 334 g/mol. The van der Waals surface area contributed by atoms with Gasteiger partial charge < -0.3 is 14.8 Å². The van der Waals surface area contributed by atoms with Gasteiger partial charge in [0.05, 0.1) is 16.1 Å². The van der Waals surface area contributed by atoms with Crippen molar-refractivity contribution in [2.45, 2.75) is 26.8 Å². The summed E-state index contributed by atoms with van der Waals surface area (Å²) in [5, 5.41) is 0.706. The number of nitrogens with one attached hydrogen (secondary N) is 1. The van der Waals surface area contributed by atoms with E-state index in [0.717, 1.165) is 42.4 Å². The number of H-pyrrole nitrogens is 1. The van der Waals surface area contributed by atoms with Gasteiger partial charge in [-0.05, 0) is 56.2 Å². The molecule has 6 heteroatoms. The number of benzene rings is 1. The zero-order chi connectivity index (χ0) is 17.6. The van der Waals surface area contributed by atoms with Crippen molar-refractivity contribution in [3.8, 4) is 0 Å². The third-order valence-electron chi connectivity index (χ3n) is 5.02. The Morgan fingerprint density at radius 3 is 2.76 bits per heavy atom. The minimum Gasteiger partial charge on any atom is -0.352 e. The number of hydrogen-bond donors (Lipinski definition) is 1. The summed E-state index contributed by atoms with van der Waals surface area (Å²) < 4.78 is 0. The Hall–Kier alpha value is -2.27. The van der Waals surface area contributed by atoms with Crippen molar-refractivity contribution in [2.24, 2.45) is 0 Å². The van der Waals surface area contributed by atoms with Gasteiger partial charge in [-0.3, -0.25) is 0 Å². The summed E-state index contributed by atoms with van der Waals surface area (Å²) >= 11 is 6.31. The van der Waals surface area contributed by atoms with Crippen molar-refractivity contribution >= 4 is 34.4 Å². The van der Waals surface area contributed by atoms with E-state index in [1.165, 1.54) is 11.1 Å². The largest absolute Gasteiger partial charge is 0.352 e. The summed E-state index contributed by atoms with van der Waals surface area (Å²) in [7, 11) is 0. The summed E-state index contributed by atoms with van der Waals surface area (Å²) in [6, 6.07) is 8.40. The van der Waals surface area contributed by atoms with Gasteiger partial charge in [0.2, 0.25) is 5.95 Å². The van der Waals surface area contributed by atoms with E-state index in [1.54, 1.807) is 6.20 Å². The molecule has 1 N–H and O–H groups in total. The molecule has 1 aliphatic heterocycles. The number of piperazine rings is 1. The number of anilines is 2. The average Bonchev–Trinajstić information content (AvgIpc) is 2.98. The van der Waals surface area contributed by atoms with Gasteiger partial charge in [-0.1, -0.05) is 11.6 Å². The van der Waals surface area contributed by atoms with Crippen LogP contribution in [-0.2, 0) is 0 Å². The molecule has 0 spiro atoms. The monoisotopic (exact) mass is 355 g/mol. The molecule has 0 radical (unpaired) electrons. The normalized spacial score (nSPS) is 18.2. The summed E-state index contributed by atoms with van der Waals surface area (Å²) in [6.07, 6.45) is 1.79. The molecule has 1 saturated heterocycles. The maximum absolute atomic E-state index is 6.31. The molecule has 2 aromatic heterocycles. The molecule has 1 aromatic carbocycles. The van der Waals surface area contributed by atoms with Crippen LogP contribution in [0.2, 0.25) is 5.02 Å². The molecular formula is C19H22ClN5. The molecule has 130 valence electrons. The van der Waals surface area contributed by atoms with Crippen molar-refractivity contribution in [3.05, 3.63) is 46.6 Å². The molecule has 4 rings (SSSR count). The van der Waals surface area contributed by atoms with Gasteiger partial charge in [0.15, 0.2) is 0 Å². The van der Waals surface area contributed by atoms with Gasteiger partial charge in [0.1, 0.15) is 5.82 Å². The molecule has 0 unspecified atom stereocenters. The van der Waals surface area contributed by atoms with Gasteiger partial charge in [0.25, 0.3) is 0 Å². The lowest BCUT2D eigenvalue weighted by Crippen LogP contribution is -2.52. The molecule has 25 heavy (non-hydrogen) atoms. The van der Waals surface area contributed by atoms with E-state index in [2.05, 4.69) is 52.7 Å². The van der Waals surface area contributed by atoms with Crippen LogP contribution < -0.4 is 9.80 Å². The summed E-state index contributed by atoms with van der Waals surface area (Å²) in [4.78, 5) is 17.3. The zero-order valence-electron chi connectivity index (χ0n) is 14.8. The van der Waals surface area contributed by atoms with Crippen LogP contribution in [0.4, 0.5) is 11.8 Å². The fourth-order valence-corrected chi connectivity index (χ4v) is 3.71. The number of aromatic nitrogens is 3. The Morgan fingerprint density at radius 2 is 2.00 bits per heavy atom. The third kappa shape index (κ3) is 2.93. The minimum atomic E-state index is 0.314. The predicted molar refractivity (Wildman–Crippen MR) is 104 cm³/mol. The second kappa shape index (κ2) is 6.23. The predicted octanol–water partition coefficient (Wildman–Crippen LogP) is 3.94. The number of rotatable bonds is 2. The van der Waals surface area contributed by atoms with Gasteiger partial charge in [-0.2, -0.15) is 0 Å². The van der Waals surface area contributed by atoms with Crippen molar-refractivity contribution in [3.63, 3.8) is 0 Å².